The smallest absolute Gasteiger partial charge is 0.215 e. The van der Waals surface area contributed by atoms with Crippen LogP contribution in [-0.4, -0.2) is 59.6 Å². The highest BCUT2D eigenvalue weighted by Gasteiger charge is 2.25. The van der Waals surface area contributed by atoms with Gasteiger partial charge in [0.25, 0.3) is 0 Å². The summed E-state index contributed by atoms with van der Waals surface area (Å²) in [5.41, 5.74) is 0.973. The average Bonchev–Trinajstić information content (AvgIpc) is 3.18. The van der Waals surface area contributed by atoms with Crippen molar-refractivity contribution in [3.05, 3.63) is 11.9 Å². The van der Waals surface area contributed by atoms with Crippen LogP contribution in [0.3, 0.4) is 0 Å². The van der Waals surface area contributed by atoms with Crippen molar-refractivity contribution in [3.63, 3.8) is 0 Å². The molecule has 0 radical (unpaired) electrons. The average molecular weight is 313 g/mol. The SMILES string of the molecule is O=S(=O)(CCn1cc(C2CCCNC2)nn1)N1CCCC1. The maximum Gasteiger partial charge on any atom is 0.215 e. The molecule has 21 heavy (non-hydrogen) atoms. The standard InChI is InChI=1S/C13H23N5O2S/c19-21(20,18-6-1-2-7-18)9-8-17-11-13(15-16-17)12-4-3-5-14-10-12/h11-12,14H,1-10H2. The van der Waals surface area contributed by atoms with E-state index in [1.165, 1.54) is 0 Å². The molecule has 0 aromatic carbocycles. The number of nitrogens with zero attached hydrogens (tertiary/aromatic N) is 4. The van der Waals surface area contributed by atoms with Crippen molar-refractivity contribution in [3.8, 4) is 0 Å². The van der Waals surface area contributed by atoms with E-state index in [2.05, 4.69) is 15.6 Å². The number of sulfonamides is 1. The molecule has 118 valence electrons. The van der Waals surface area contributed by atoms with Gasteiger partial charge in [-0.1, -0.05) is 5.21 Å². The van der Waals surface area contributed by atoms with Crippen LogP contribution < -0.4 is 5.32 Å². The second kappa shape index (κ2) is 6.41. The summed E-state index contributed by atoms with van der Waals surface area (Å²) in [6, 6.07) is 0. The van der Waals surface area contributed by atoms with E-state index in [9.17, 15) is 8.42 Å². The molecule has 0 saturated carbocycles. The maximum absolute atomic E-state index is 12.2. The van der Waals surface area contributed by atoms with Gasteiger partial charge in [-0.3, -0.25) is 4.68 Å². The lowest BCUT2D eigenvalue weighted by Crippen LogP contribution is -2.31. The molecule has 1 unspecified atom stereocenters. The van der Waals surface area contributed by atoms with E-state index in [0.717, 1.165) is 44.5 Å². The second-order valence-corrected chi connectivity index (χ2v) is 7.96. The molecule has 8 heteroatoms. The molecular weight excluding hydrogens is 290 g/mol. The van der Waals surface area contributed by atoms with E-state index in [4.69, 9.17) is 0 Å². The summed E-state index contributed by atoms with van der Waals surface area (Å²) in [5, 5.41) is 11.6. The number of nitrogens with one attached hydrogen (secondary N) is 1. The van der Waals surface area contributed by atoms with Crippen molar-refractivity contribution < 1.29 is 8.42 Å². The van der Waals surface area contributed by atoms with Crippen LogP contribution in [-0.2, 0) is 16.6 Å². The van der Waals surface area contributed by atoms with Crippen molar-refractivity contribution in [2.45, 2.75) is 38.1 Å². The number of aryl methyl sites for hydroxylation is 1. The fourth-order valence-corrected chi connectivity index (χ4v) is 4.51. The summed E-state index contributed by atoms with van der Waals surface area (Å²) < 4.78 is 27.6. The zero-order valence-electron chi connectivity index (χ0n) is 12.2. The topological polar surface area (TPSA) is 80.1 Å². The first-order chi connectivity index (χ1) is 10.1. The van der Waals surface area contributed by atoms with Gasteiger partial charge in [-0.15, -0.1) is 5.10 Å². The van der Waals surface area contributed by atoms with Gasteiger partial charge in [-0.25, -0.2) is 12.7 Å². The first-order valence-corrected chi connectivity index (χ1v) is 9.35. The normalized spacial score (nSPS) is 24.5. The Kier molecular flexibility index (Phi) is 4.56. The summed E-state index contributed by atoms with van der Waals surface area (Å²) in [6.07, 6.45) is 6.12. The predicted octanol–water partition coefficient (Wildman–Crippen LogP) is 0.171. The molecule has 1 aromatic rings. The zero-order valence-corrected chi connectivity index (χ0v) is 13.1. The fourth-order valence-electron chi connectivity index (χ4n) is 3.02. The van der Waals surface area contributed by atoms with Crippen molar-refractivity contribution >= 4 is 10.0 Å². The van der Waals surface area contributed by atoms with Gasteiger partial charge in [0.15, 0.2) is 0 Å². The third-order valence-electron chi connectivity index (χ3n) is 4.31. The van der Waals surface area contributed by atoms with Crippen LogP contribution in [0.2, 0.25) is 0 Å². The summed E-state index contributed by atoms with van der Waals surface area (Å²) in [6.45, 7) is 3.72. The van der Waals surface area contributed by atoms with E-state index < -0.39 is 10.0 Å². The van der Waals surface area contributed by atoms with E-state index in [1.807, 2.05) is 6.20 Å². The molecule has 2 aliphatic rings. The Morgan fingerprint density at radius 2 is 2.10 bits per heavy atom. The largest absolute Gasteiger partial charge is 0.316 e. The number of hydrogen-bond acceptors (Lipinski definition) is 5. The van der Waals surface area contributed by atoms with Gasteiger partial charge in [-0.2, -0.15) is 0 Å². The lowest BCUT2D eigenvalue weighted by molar-refractivity contribution is 0.454. The molecule has 3 heterocycles. The van der Waals surface area contributed by atoms with Crippen LogP contribution in [0.15, 0.2) is 6.20 Å². The first-order valence-electron chi connectivity index (χ1n) is 7.74. The minimum atomic E-state index is -3.14. The van der Waals surface area contributed by atoms with Crippen molar-refractivity contribution in [1.82, 2.24) is 24.6 Å². The minimum Gasteiger partial charge on any atom is -0.316 e. The Balaban J connectivity index is 1.57. The third kappa shape index (κ3) is 3.61. The number of aromatic nitrogens is 3. The minimum absolute atomic E-state index is 0.110. The third-order valence-corrected chi connectivity index (χ3v) is 6.16. The summed E-state index contributed by atoms with van der Waals surface area (Å²) >= 11 is 0. The monoisotopic (exact) mass is 313 g/mol. The molecule has 1 N–H and O–H groups in total. The zero-order chi connectivity index (χ0) is 14.7. The number of piperidine rings is 1. The Morgan fingerprint density at radius 3 is 2.81 bits per heavy atom. The predicted molar refractivity (Wildman–Crippen MR) is 79.5 cm³/mol. The van der Waals surface area contributed by atoms with E-state index in [-0.39, 0.29) is 5.75 Å². The van der Waals surface area contributed by atoms with Crippen LogP contribution in [0, 0.1) is 0 Å². The van der Waals surface area contributed by atoms with Crippen molar-refractivity contribution in [2.24, 2.45) is 0 Å². The fraction of sp³-hybridized carbons (Fsp3) is 0.846. The molecule has 2 aliphatic heterocycles. The van der Waals surface area contributed by atoms with Crippen LogP contribution in [0.5, 0.6) is 0 Å². The molecule has 0 aliphatic carbocycles. The van der Waals surface area contributed by atoms with Gasteiger partial charge in [0.2, 0.25) is 10.0 Å². The molecule has 2 saturated heterocycles. The van der Waals surface area contributed by atoms with Gasteiger partial charge in [0.1, 0.15) is 0 Å². The molecule has 7 nitrogen and oxygen atoms in total. The lowest BCUT2D eigenvalue weighted by Gasteiger charge is -2.20. The van der Waals surface area contributed by atoms with Crippen molar-refractivity contribution in [2.75, 3.05) is 31.9 Å². The van der Waals surface area contributed by atoms with Gasteiger partial charge in [0.05, 0.1) is 18.0 Å². The van der Waals surface area contributed by atoms with Crippen LogP contribution >= 0.6 is 0 Å². The quantitative estimate of drug-likeness (QED) is 0.838. The Labute approximate surface area is 125 Å². The summed E-state index contributed by atoms with van der Waals surface area (Å²) in [5.74, 6) is 0.515. The number of hydrogen-bond donors (Lipinski definition) is 1. The van der Waals surface area contributed by atoms with Crippen LogP contribution in [0.4, 0.5) is 0 Å². The van der Waals surface area contributed by atoms with Gasteiger partial charge in [-0.05, 0) is 32.2 Å². The molecule has 0 bridgehead atoms. The molecule has 2 fully saturated rings. The molecular formula is C13H23N5O2S. The van der Waals surface area contributed by atoms with Gasteiger partial charge >= 0.3 is 0 Å². The Bertz CT molecular complexity index is 559. The maximum atomic E-state index is 12.2. The van der Waals surface area contributed by atoms with E-state index >= 15 is 0 Å². The lowest BCUT2D eigenvalue weighted by atomic mass is 9.97. The highest BCUT2D eigenvalue weighted by atomic mass is 32.2. The van der Waals surface area contributed by atoms with E-state index in [0.29, 0.717) is 25.6 Å². The summed E-state index contributed by atoms with van der Waals surface area (Å²) in [7, 11) is -3.14. The van der Waals surface area contributed by atoms with Crippen molar-refractivity contribution in [1.29, 1.82) is 0 Å². The molecule has 3 rings (SSSR count). The highest BCUT2D eigenvalue weighted by Crippen LogP contribution is 2.20. The van der Waals surface area contributed by atoms with Gasteiger partial charge < -0.3 is 5.32 Å². The Morgan fingerprint density at radius 1 is 1.29 bits per heavy atom. The summed E-state index contributed by atoms with van der Waals surface area (Å²) in [4.78, 5) is 0. The second-order valence-electron chi connectivity index (χ2n) is 5.87. The molecule has 1 atom stereocenters. The first kappa shape index (κ1) is 14.9. The van der Waals surface area contributed by atoms with Gasteiger partial charge in [0, 0.05) is 31.7 Å². The van der Waals surface area contributed by atoms with Crippen LogP contribution in [0.1, 0.15) is 37.3 Å². The van der Waals surface area contributed by atoms with E-state index in [1.54, 1.807) is 8.99 Å². The molecule has 0 amide bonds. The Hall–Kier alpha value is -0.990. The molecule has 1 aromatic heterocycles. The number of rotatable bonds is 5. The molecule has 0 spiro atoms. The van der Waals surface area contributed by atoms with Crippen LogP contribution in [0.25, 0.3) is 0 Å². The highest BCUT2D eigenvalue weighted by molar-refractivity contribution is 7.89.